The van der Waals surface area contributed by atoms with E-state index in [-0.39, 0.29) is 36.8 Å². The third kappa shape index (κ3) is 8.88. The molecule has 2 aromatic heterocycles. The Labute approximate surface area is 322 Å². The standard InChI is InChI=1S/C43H51FN8O3/c1-4-39-36(40(48-34-14-20-55-21-15-34)37-26-47-52(5-2)41(37)49-39)25-46-42(53)32-10-7-11-33(24-32)43(54)50(3)27-30-12-13-38(44)35(23-30)31-9-6-8-29(22-31)28-51-18-16-45-17-19-51/h6-13,22-24,26,34,45H,4-5,14-21,25,27-28H2,1-3H3,(H,46,53)(H,48,49). The van der Waals surface area contributed by atoms with Crippen LogP contribution in [0.1, 0.15) is 69.8 Å². The average molecular weight is 747 g/mol. The van der Waals surface area contributed by atoms with Gasteiger partial charge in [-0.05, 0) is 79.3 Å². The van der Waals surface area contributed by atoms with Crippen LogP contribution in [0, 0.1) is 5.82 Å². The van der Waals surface area contributed by atoms with Gasteiger partial charge in [0.15, 0.2) is 5.65 Å². The summed E-state index contributed by atoms with van der Waals surface area (Å²) in [4.78, 5) is 36.3. The van der Waals surface area contributed by atoms with E-state index in [9.17, 15) is 9.59 Å². The molecule has 11 nitrogen and oxygen atoms in total. The minimum absolute atomic E-state index is 0.239. The Bertz CT molecular complexity index is 2140. The Balaban J connectivity index is 1.04. The van der Waals surface area contributed by atoms with Crippen LogP contribution in [-0.2, 0) is 37.3 Å². The van der Waals surface area contributed by atoms with Crippen LogP contribution in [0.15, 0.2) is 72.9 Å². The fourth-order valence-corrected chi connectivity index (χ4v) is 7.59. The largest absolute Gasteiger partial charge is 0.381 e. The van der Waals surface area contributed by atoms with Crippen molar-refractivity contribution < 1.29 is 18.7 Å². The summed E-state index contributed by atoms with van der Waals surface area (Å²) in [7, 11) is 1.72. The predicted molar refractivity (Wildman–Crippen MR) is 213 cm³/mol. The summed E-state index contributed by atoms with van der Waals surface area (Å²) in [5.74, 6) is -0.833. The number of hydrogen-bond donors (Lipinski definition) is 3. The average Bonchev–Trinajstić information content (AvgIpc) is 3.64. The first-order chi connectivity index (χ1) is 26.8. The summed E-state index contributed by atoms with van der Waals surface area (Å²) >= 11 is 0. The first-order valence-corrected chi connectivity index (χ1v) is 19.5. The van der Waals surface area contributed by atoms with Crippen molar-refractivity contribution in [3.05, 3.63) is 112 Å². The molecule has 2 aliphatic rings. The van der Waals surface area contributed by atoms with Crippen molar-refractivity contribution in [1.82, 2.24) is 35.2 Å². The molecule has 3 aromatic carbocycles. The number of piperazine rings is 1. The van der Waals surface area contributed by atoms with Crippen molar-refractivity contribution in [3.8, 4) is 11.1 Å². The Morgan fingerprint density at radius 1 is 0.982 bits per heavy atom. The fraction of sp³-hybridized carbons (Fsp3) is 0.395. The van der Waals surface area contributed by atoms with Gasteiger partial charge in [0, 0.05) is 107 Å². The smallest absolute Gasteiger partial charge is 0.253 e. The van der Waals surface area contributed by atoms with Crippen LogP contribution >= 0.6 is 0 Å². The highest BCUT2D eigenvalue weighted by atomic mass is 19.1. The second-order valence-electron chi connectivity index (χ2n) is 14.5. The number of amides is 2. The normalized spacial score (nSPS) is 15.3. The van der Waals surface area contributed by atoms with Gasteiger partial charge in [-0.15, -0.1) is 0 Å². The third-order valence-corrected chi connectivity index (χ3v) is 10.6. The lowest BCUT2D eigenvalue weighted by atomic mass is 9.99. The van der Waals surface area contributed by atoms with Crippen LogP contribution in [0.5, 0.6) is 0 Å². The molecule has 0 spiro atoms. The lowest BCUT2D eigenvalue weighted by Gasteiger charge is -2.27. The minimum Gasteiger partial charge on any atom is -0.381 e. The molecule has 0 atom stereocenters. The second-order valence-corrected chi connectivity index (χ2v) is 14.5. The molecule has 2 aliphatic heterocycles. The van der Waals surface area contributed by atoms with Gasteiger partial charge < -0.3 is 25.6 Å². The van der Waals surface area contributed by atoms with Gasteiger partial charge >= 0.3 is 0 Å². The van der Waals surface area contributed by atoms with E-state index >= 15 is 4.39 Å². The van der Waals surface area contributed by atoms with Crippen LogP contribution in [-0.4, -0.2) is 88.9 Å². The van der Waals surface area contributed by atoms with E-state index in [2.05, 4.69) is 45.0 Å². The molecule has 0 aliphatic carbocycles. The number of halogens is 1. The number of benzene rings is 3. The summed E-state index contributed by atoms with van der Waals surface area (Å²) in [5, 5.41) is 15.8. The zero-order chi connectivity index (χ0) is 38.3. The van der Waals surface area contributed by atoms with Crippen LogP contribution in [0.4, 0.5) is 10.1 Å². The lowest BCUT2D eigenvalue weighted by molar-refractivity contribution is 0.0785. The van der Waals surface area contributed by atoms with Crippen molar-refractivity contribution in [1.29, 1.82) is 0 Å². The minimum atomic E-state index is -0.306. The highest BCUT2D eigenvalue weighted by Crippen LogP contribution is 2.32. The number of aromatic nitrogens is 3. The number of hydrogen-bond acceptors (Lipinski definition) is 8. The molecule has 0 radical (unpaired) electrons. The Kier molecular flexibility index (Phi) is 12.1. The maximum atomic E-state index is 15.2. The van der Waals surface area contributed by atoms with Gasteiger partial charge in [0.2, 0.25) is 0 Å². The van der Waals surface area contributed by atoms with Crippen molar-refractivity contribution >= 4 is 28.5 Å². The monoisotopic (exact) mass is 746 g/mol. The number of pyridine rings is 1. The van der Waals surface area contributed by atoms with Crippen molar-refractivity contribution in [2.75, 3.05) is 51.8 Å². The van der Waals surface area contributed by atoms with Crippen molar-refractivity contribution in [3.63, 3.8) is 0 Å². The Hall–Kier alpha value is -5.17. The highest BCUT2D eigenvalue weighted by Gasteiger charge is 2.23. The van der Waals surface area contributed by atoms with E-state index in [0.29, 0.717) is 42.9 Å². The van der Waals surface area contributed by atoms with E-state index in [1.54, 1.807) is 42.3 Å². The maximum Gasteiger partial charge on any atom is 0.253 e. The second kappa shape index (κ2) is 17.5. The number of anilines is 1. The summed E-state index contributed by atoms with van der Waals surface area (Å²) in [6, 6.07) is 20.1. The summed E-state index contributed by atoms with van der Waals surface area (Å²) in [6.45, 7) is 11.5. The van der Waals surface area contributed by atoms with Gasteiger partial charge in [-0.1, -0.05) is 37.3 Å². The van der Waals surface area contributed by atoms with Crippen LogP contribution in [0.3, 0.4) is 0 Å². The SMILES string of the molecule is CCc1nc2c(cnn2CC)c(NC2CCOCC2)c1CNC(=O)c1cccc(C(=O)N(C)Cc2ccc(F)c(-c3cccc(CN4CCNCC4)c3)c2)c1. The number of ether oxygens (including phenoxy) is 1. The molecule has 2 saturated heterocycles. The molecular formula is C43H51FN8O3. The topological polar surface area (TPSA) is 117 Å². The molecule has 4 heterocycles. The van der Waals surface area contributed by atoms with Gasteiger partial charge in [0.1, 0.15) is 5.82 Å². The molecule has 0 saturated carbocycles. The van der Waals surface area contributed by atoms with Crippen molar-refractivity contribution in [2.24, 2.45) is 0 Å². The lowest BCUT2D eigenvalue weighted by Crippen LogP contribution is -2.42. The predicted octanol–water partition coefficient (Wildman–Crippen LogP) is 6.02. The quantitative estimate of drug-likeness (QED) is 0.134. The molecule has 7 rings (SSSR count). The summed E-state index contributed by atoms with van der Waals surface area (Å²) in [6.07, 6.45) is 4.32. The molecule has 0 bridgehead atoms. The molecule has 3 N–H and O–H groups in total. The molecule has 2 fully saturated rings. The van der Waals surface area contributed by atoms with Gasteiger partial charge in [0.25, 0.3) is 11.8 Å². The molecule has 5 aromatic rings. The maximum absolute atomic E-state index is 15.2. The van der Waals surface area contributed by atoms with E-state index in [1.807, 2.05) is 36.0 Å². The van der Waals surface area contributed by atoms with Gasteiger partial charge in [-0.2, -0.15) is 5.10 Å². The van der Waals surface area contributed by atoms with Crippen molar-refractivity contribution in [2.45, 2.75) is 65.3 Å². The Morgan fingerprint density at radius 2 is 1.76 bits per heavy atom. The van der Waals surface area contributed by atoms with Crippen LogP contribution < -0.4 is 16.0 Å². The molecule has 0 unspecified atom stereocenters. The van der Waals surface area contributed by atoms with E-state index < -0.39 is 0 Å². The zero-order valence-corrected chi connectivity index (χ0v) is 32.0. The first kappa shape index (κ1) is 38.1. The third-order valence-electron chi connectivity index (χ3n) is 10.6. The van der Waals surface area contributed by atoms with Crippen LogP contribution in [0.25, 0.3) is 22.2 Å². The molecule has 55 heavy (non-hydrogen) atoms. The number of nitrogens with zero attached hydrogens (tertiary/aromatic N) is 5. The molecular weight excluding hydrogens is 696 g/mol. The van der Waals surface area contributed by atoms with E-state index in [1.165, 1.54) is 6.07 Å². The fourth-order valence-electron chi connectivity index (χ4n) is 7.59. The number of nitrogens with one attached hydrogen (secondary N) is 3. The van der Waals surface area contributed by atoms with Gasteiger partial charge in [0.05, 0.1) is 17.3 Å². The molecule has 2 amide bonds. The first-order valence-electron chi connectivity index (χ1n) is 19.5. The Morgan fingerprint density at radius 3 is 2.55 bits per heavy atom. The summed E-state index contributed by atoms with van der Waals surface area (Å²) in [5.41, 5.74) is 7.64. The highest BCUT2D eigenvalue weighted by molar-refractivity contribution is 6.00. The van der Waals surface area contributed by atoms with E-state index in [4.69, 9.17) is 9.72 Å². The van der Waals surface area contributed by atoms with Crippen LogP contribution in [0.2, 0.25) is 0 Å². The number of fused-ring (bicyclic) bond motifs is 1. The number of carbonyl (C=O) groups excluding carboxylic acids is 2. The van der Waals surface area contributed by atoms with Gasteiger partial charge in [-0.3, -0.25) is 14.5 Å². The summed E-state index contributed by atoms with van der Waals surface area (Å²) < 4.78 is 22.7. The molecule has 12 heteroatoms. The molecule has 288 valence electrons. The zero-order valence-electron chi connectivity index (χ0n) is 32.0. The number of rotatable bonds is 13. The van der Waals surface area contributed by atoms with Gasteiger partial charge in [-0.25, -0.2) is 14.1 Å². The number of carbonyl (C=O) groups is 2. The van der Waals surface area contributed by atoms with E-state index in [0.717, 1.165) is 90.2 Å². The number of aryl methyl sites for hydroxylation is 2.